The van der Waals surface area contributed by atoms with Crippen LogP contribution in [-0.4, -0.2) is 51.5 Å². The molecule has 4 atom stereocenters. The number of hydrogen-bond acceptors (Lipinski definition) is 4. The van der Waals surface area contributed by atoms with Gasteiger partial charge in [-0.05, 0) is 44.2 Å². The first-order valence-electron chi connectivity index (χ1n) is 10.6. The lowest BCUT2D eigenvalue weighted by Gasteiger charge is -2.24. The fraction of sp³-hybridized carbons (Fsp3) is 0.545. The number of amides is 3. The number of fused-ring (bicyclic) bond motifs is 1. The van der Waals surface area contributed by atoms with E-state index in [-0.39, 0.29) is 30.6 Å². The van der Waals surface area contributed by atoms with Gasteiger partial charge in [-0.15, -0.1) is 6.58 Å². The number of aryl methyl sites for hydroxylation is 1. The quantitative estimate of drug-likeness (QED) is 0.505. The van der Waals surface area contributed by atoms with Gasteiger partial charge in [0.1, 0.15) is 17.6 Å². The van der Waals surface area contributed by atoms with Crippen LogP contribution < -0.4 is 10.6 Å². The van der Waals surface area contributed by atoms with Gasteiger partial charge in [0.05, 0.1) is 0 Å². The van der Waals surface area contributed by atoms with Crippen LogP contribution in [0.25, 0.3) is 0 Å². The molecule has 3 rings (SSSR count). The molecule has 1 aliphatic heterocycles. The molecule has 0 bridgehead atoms. The highest BCUT2D eigenvalue weighted by Gasteiger charge is 2.67. The van der Waals surface area contributed by atoms with Gasteiger partial charge in [0.15, 0.2) is 0 Å². The second-order valence-corrected chi connectivity index (χ2v) is 8.83. The Morgan fingerprint density at radius 3 is 2.67 bits per heavy atom. The van der Waals surface area contributed by atoms with Crippen LogP contribution in [0.5, 0.6) is 0 Å². The van der Waals surface area contributed by atoms with Gasteiger partial charge >= 0.3 is 12.3 Å². The molecule has 0 spiro atoms. The fourth-order valence-electron chi connectivity index (χ4n) is 4.34. The summed E-state index contributed by atoms with van der Waals surface area (Å²) in [7, 11) is 0. The van der Waals surface area contributed by atoms with Crippen LogP contribution in [0.2, 0.25) is 0 Å². The Bertz CT molecular complexity index is 967. The van der Waals surface area contributed by atoms with Gasteiger partial charge in [0, 0.05) is 23.9 Å². The lowest BCUT2D eigenvalue weighted by atomic mass is 9.98. The summed E-state index contributed by atoms with van der Waals surface area (Å²) >= 11 is 0. The second kappa shape index (κ2) is 9.03. The van der Waals surface area contributed by atoms with E-state index in [2.05, 4.69) is 22.2 Å². The van der Waals surface area contributed by atoms with E-state index in [1.54, 1.807) is 13.0 Å². The molecule has 2 fully saturated rings. The number of halogens is 3. The minimum absolute atomic E-state index is 0.157. The highest BCUT2D eigenvalue weighted by Crippen LogP contribution is 2.59. The van der Waals surface area contributed by atoms with Gasteiger partial charge in [-0.1, -0.05) is 19.1 Å². The average molecular weight is 468 g/mol. The van der Waals surface area contributed by atoms with Gasteiger partial charge in [-0.3, -0.25) is 14.5 Å². The Hall–Kier alpha value is -3.11. The molecule has 0 aromatic carbocycles. The van der Waals surface area contributed by atoms with Crippen LogP contribution in [0.4, 0.5) is 23.8 Å². The van der Waals surface area contributed by atoms with Crippen molar-refractivity contribution in [3.05, 3.63) is 36.0 Å². The maximum Gasteiger partial charge on any atom is 0.433 e. The van der Waals surface area contributed by atoms with E-state index in [9.17, 15) is 32.7 Å². The molecule has 180 valence electrons. The van der Waals surface area contributed by atoms with Gasteiger partial charge in [0.25, 0.3) is 0 Å². The van der Waals surface area contributed by atoms with Crippen molar-refractivity contribution < 1.29 is 32.7 Å². The van der Waals surface area contributed by atoms with Gasteiger partial charge in [-0.25, -0.2) is 9.78 Å². The third-order valence-corrected chi connectivity index (χ3v) is 6.44. The first-order chi connectivity index (χ1) is 15.4. The number of rotatable bonds is 8. The van der Waals surface area contributed by atoms with Crippen LogP contribution in [0.15, 0.2) is 24.8 Å². The summed E-state index contributed by atoms with van der Waals surface area (Å²) in [5.41, 5.74) is -1.40. The first-order valence-corrected chi connectivity index (χ1v) is 10.6. The number of allylic oxidation sites excluding steroid dienone is 1. The number of alkyl halides is 3. The predicted octanol–water partition coefficient (Wildman–Crippen LogP) is 3.58. The lowest BCUT2D eigenvalue weighted by Crippen LogP contribution is -2.45. The molecule has 11 heteroatoms. The van der Waals surface area contributed by atoms with Crippen molar-refractivity contribution in [2.75, 3.05) is 11.9 Å². The van der Waals surface area contributed by atoms with Gasteiger partial charge in [0.2, 0.25) is 11.8 Å². The van der Waals surface area contributed by atoms with Crippen LogP contribution in [0.3, 0.4) is 0 Å². The van der Waals surface area contributed by atoms with Crippen LogP contribution >= 0.6 is 0 Å². The zero-order chi connectivity index (χ0) is 24.6. The molecule has 2 heterocycles. The van der Waals surface area contributed by atoms with E-state index >= 15 is 0 Å². The molecule has 1 saturated heterocycles. The largest absolute Gasteiger partial charge is 0.465 e. The van der Waals surface area contributed by atoms with Crippen LogP contribution in [0, 0.1) is 18.3 Å². The molecule has 0 radical (unpaired) electrons. The predicted molar refractivity (Wildman–Crippen MR) is 113 cm³/mol. The number of carbonyl (C=O) groups excluding carboxylic acids is 2. The number of nitrogens with one attached hydrogen (secondary N) is 2. The number of carbonyl (C=O) groups is 3. The van der Waals surface area contributed by atoms with E-state index in [0.717, 1.165) is 11.0 Å². The molecule has 33 heavy (non-hydrogen) atoms. The van der Waals surface area contributed by atoms with Crippen molar-refractivity contribution in [2.24, 2.45) is 11.3 Å². The van der Waals surface area contributed by atoms with E-state index < -0.39 is 41.4 Å². The van der Waals surface area contributed by atoms with Crippen molar-refractivity contribution in [2.45, 2.75) is 57.8 Å². The number of aromatic nitrogens is 1. The molecule has 3 amide bonds. The molecular formula is C22H27F3N4O4. The Morgan fingerprint density at radius 2 is 2.06 bits per heavy atom. The van der Waals surface area contributed by atoms with Crippen molar-refractivity contribution >= 4 is 23.7 Å². The fourth-order valence-corrected chi connectivity index (χ4v) is 4.34. The molecular weight excluding hydrogens is 441 g/mol. The van der Waals surface area contributed by atoms with Crippen molar-refractivity contribution in [1.29, 1.82) is 0 Å². The summed E-state index contributed by atoms with van der Waals surface area (Å²) in [6.07, 6.45) is -2.24. The highest BCUT2D eigenvalue weighted by molar-refractivity contribution is 5.97. The molecule has 8 nitrogen and oxygen atoms in total. The van der Waals surface area contributed by atoms with Crippen molar-refractivity contribution in [1.82, 2.24) is 15.2 Å². The normalized spacial score (nSPS) is 24.6. The molecule has 2 aliphatic rings. The van der Waals surface area contributed by atoms with E-state index in [4.69, 9.17) is 0 Å². The number of nitrogens with zero attached hydrogens (tertiary/aromatic N) is 2. The standard InChI is InChI=1S/C22H27F3N4O4/c1-4-5-6-13(3)18(30)26-11-21-9-14(29(20(32)33)16(21)10-21)19(31)28-17-12(2)7-8-15(27-17)22(23,24)25/h4,7-8,13-14,16H,1,5-6,9-11H2,2-3H3,(H,26,30)(H,32,33)(H,27,28,31)/t13-,14?,16?,21?/m1/s1. The van der Waals surface area contributed by atoms with Crippen LogP contribution in [0.1, 0.15) is 43.9 Å². The Labute approximate surface area is 189 Å². The zero-order valence-corrected chi connectivity index (χ0v) is 18.4. The van der Waals surface area contributed by atoms with E-state index in [0.29, 0.717) is 24.8 Å². The summed E-state index contributed by atoms with van der Waals surface area (Å²) in [6, 6.07) is 0.474. The smallest absolute Gasteiger partial charge is 0.433 e. The summed E-state index contributed by atoms with van der Waals surface area (Å²) in [5.74, 6) is -1.40. The number of anilines is 1. The third-order valence-electron chi connectivity index (χ3n) is 6.44. The minimum Gasteiger partial charge on any atom is -0.465 e. The molecule has 3 N–H and O–H groups in total. The van der Waals surface area contributed by atoms with Gasteiger partial charge in [-0.2, -0.15) is 13.2 Å². The summed E-state index contributed by atoms with van der Waals surface area (Å²) in [6.45, 7) is 7.14. The molecule has 3 unspecified atom stereocenters. The Kier molecular flexibility index (Phi) is 6.71. The highest BCUT2D eigenvalue weighted by atomic mass is 19.4. The lowest BCUT2D eigenvalue weighted by molar-refractivity contribution is -0.141. The summed E-state index contributed by atoms with van der Waals surface area (Å²) < 4.78 is 39.0. The monoisotopic (exact) mass is 468 g/mol. The summed E-state index contributed by atoms with van der Waals surface area (Å²) in [5, 5.41) is 14.9. The van der Waals surface area contributed by atoms with Crippen LogP contribution in [-0.2, 0) is 15.8 Å². The van der Waals surface area contributed by atoms with Gasteiger partial charge < -0.3 is 15.7 Å². The first kappa shape index (κ1) is 24.5. The summed E-state index contributed by atoms with van der Waals surface area (Å²) in [4.78, 5) is 41.6. The maximum absolute atomic E-state index is 13.0. The van der Waals surface area contributed by atoms with Crippen molar-refractivity contribution in [3.8, 4) is 0 Å². The number of pyridine rings is 1. The number of hydrogen-bond donors (Lipinski definition) is 3. The molecule has 1 aromatic heterocycles. The number of piperidine rings is 1. The zero-order valence-electron chi connectivity index (χ0n) is 18.4. The average Bonchev–Trinajstić information content (AvgIpc) is 3.33. The number of carboxylic acid groups (broad SMARTS) is 1. The molecule has 1 aliphatic carbocycles. The van der Waals surface area contributed by atoms with E-state index in [1.165, 1.54) is 13.0 Å². The Balaban J connectivity index is 1.70. The third kappa shape index (κ3) is 5.12. The molecule has 1 saturated carbocycles. The van der Waals surface area contributed by atoms with Crippen molar-refractivity contribution in [3.63, 3.8) is 0 Å². The minimum atomic E-state index is -4.68. The second-order valence-electron chi connectivity index (χ2n) is 8.83. The Morgan fingerprint density at radius 1 is 1.36 bits per heavy atom. The number of likely N-dealkylation sites (tertiary alicyclic amines) is 1. The SMILES string of the molecule is C=CCC[C@@H](C)C(=O)NCC12CC(C(=O)Nc3nc(C(F)(F)F)ccc3C)N(C(=O)O)C1C2. The van der Waals surface area contributed by atoms with E-state index in [1.807, 2.05) is 0 Å². The molecule has 1 aromatic rings. The maximum atomic E-state index is 13.0. The topological polar surface area (TPSA) is 112 Å².